The predicted molar refractivity (Wildman–Crippen MR) is 157 cm³/mol. The Labute approximate surface area is 243 Å². The summed E-state index contributed by atoms with van der Waals surface area (Å²) in [5, 5.41) is 3.32. The molecule has 0 saturated carbocycles. The maximum absolute atomic E-state index is 12.2. The van der Waals surface area contributed by atoms with Crippen LogP contribution in [0, 0.1) is 0 Å². The second kappa shape index (κ2) is 11.8. The lowest BCUT2D eigenvalue weighted by molar-refractivity contribution is -0.119. The largest absolute Gasteiger partial charge is 0.493 e. The molecule has 3 N–H and O–H groups in total. The number of aromatic nitrogens is 4. The van der Waals surface area contributed by atoms with Crippen LogP contribution in [0.3, 0.4) is 0 Å². The zero-order valence-electron chi connectivity index (χ0n) is 24.1. The van der Waals surface area contributed by atoms with E-state index >= 15 is 0 Å². The number of hydrogen-bond acceptors (Lipinski definition) is 11. The number of nitrogens with zero attached hydrogens (tertiary/aromatic N) is 6. The molecule has 13 heteroatoms. The summed E-state index contributed by atoms with van der Waals surface area (Å²) >= 11 is 0. The Morgan fingerprint density at radius 1 is 1.02 bits per heavy atom. The molecule has 42 heavy (non-hydrogen) atoms. The average molecular weight is 577 g/mol. The van der Waals surface area contributed by atoms with E-state index in [2.05, 4.69) is 15.2 Å². The Morgan fingerprint density at radius 2 is 1.79 bits per heavy atom. The molecule has 0 spiro atoms. The standard InChI is InChI=1S/C29H36N8O5/c1-39-22-12-18(13-23(40-2)26(22)41-3)36-16-24(31-17-36)33-28-25-20(14-19(42-25)15-35-9-5-4-6-10-35)32-29(34-28)37-11-7-8-21(37)27(30)38/h12-14,16-17,21H,4-11,15H2,1-3H3,(H2,30,38)(H,32,33,34). The topological polar surface area (TPSA) is 146 Å². The number of imidazole rings is 1. The van der Waals surface area contributed by atoms with Crippen molar-refractivity contribution in [2.45, 2.75) is 44.7 Å². The van der Waals surface area contributed by atoms with E-state index < -0.39 is 6.04 Å². The van der Waals surface area contributed by atoms with Crippen molar-refractivity contribution in [3.8, 4) is 22.9 Å². The molecule has 2 fully saturated rings. The number of benzene rings is 1. The summed E-state index contributed by atoms with van der Waals surface area (Å²) in [6.07, 6.45) is 8.65. The van der Waals surface area contributed by atoms with Gasteiger partial charge in [0.05, 0.1) is 39.8 Å². The van der Waals surface area contributed by atoms with Crippen molar-refractivity contribution in [2.24, 2.45) is 5.73 Å². The van der Waals surface area contributed by atoms with Crippen LogP contribution >= 0.6 is 0 Å². The van der Waals surface area contributed by atoms with Crippen molar-refractivity contribution in [1.82, 2.24) is 24.4 Å². The van der Waals surface area contributed by atoms with E-state index in [0.29, 0.717) is 65.4 Å². The van der Waals surface area contributed by atoms with Gasteiger partial charge in [-0.3, -0.25) is 9.69 Å². The number of amides is 1. The molecule has 2 aliphatic heterocycles. The highest BCUT2D eigenvalue weighted by Gasteiger charge is 2.32. The summed E-state index contributed by atoms with van der Waals surface area (Å²) in [4.78, 5) is 30.6. The van der Waals surface area contributed by atoms with Gasteiger partial charge in [-0.2, -0.15) is 4.98 Å². The molecule has 0 radical (unpaired) electrons. The number of likely N-dealkylation sites (tertiary alicyclic amines) is 1. The third kappa shape index (κ3) is 5.39. The maximum Gasteiger partial charge on any atom is 0.240 e. The molecule has 222 valence electrons. The number of methoxy groups -OCH3 is 3. The molecular weight excluding hydrogens is 540 g/mol. The molecule has 6 rings (SSSR count). The molecule has 2 aliphatic rings. The Balaban J connectivity index is 1.35. The van der Waals surface area contributed by atoms with Crippen molar-refractivity contribution < 1.29 is 23.4 Å². The first-order chi connectivity index (χ1) is 20.5. The highest BCUT2D eigenvalue weighted by Crippen LogP contribution is 2.39. The van der Waals surface area contributed by atoms with Crippen LogP contribution in [0.1, 0.15) is 37.9 Å². The monoisotopic (exact) mass is 576 g/mol. The van der Waals surface area contributed by atoms with Crippen LogP contribution in [0.5, 0.6) is 17.2 Å². The van der Waals surface area contributed by atoms with Crippen LogP contribution in [0.15, 0.2) is 35.1 Å². The van der Waals surface area contributed by atoms with Gasteiger partial charge in [0, 0.05) is 24.7 Å². The van der Waals surface area contributed by atoms with Gasteiger partial charge >= 0.3 is 0 Å². The number of anilines is 3. The fourth-order valence-electron chi connectivity index (χ4n) is 5.76. The Hall–Kier alpha value is -4.52. The molecule has 5 heterocycles. The van der Waals surface area contributed by atoms with Crippen molar-refractivity contribution in [3.05, 3.63) is 36.5 Å². The second-order valence-electron chi connectivity index (χ2n) is 10.6. The van der Waals surface area contributed by atoms with Gasteiger partial charge in [-0.25, -0.2) is 9.97 Å². The van der Waals surface area contributed by atoms with E-state index in [0.717, 1.165) is 31.0 Å². The summed E-state index contributed by atoms with van der Waals surface area (Å²) in [5.41, 5.74) is 7.67. The number of ether oxygens (including phenoxy) is 3. The molecule has 13 nitrogen and oxygen atoms in total. The molecule has 4 aromatic rings. The predicted octanol–water partition coefficient (Wildman–Crippen LogP) is 3.62. The van der Waals surface area contributed by atoms with Gasteiger partial charge in [0.25, 0.3) is 0 Å². The zero-order valence-corrected chi connectivity index (χ0v) is 24.1. The van der Waals surface area contributed by atoms with E-state index in [1.54, 1.807) is 27.7 Å². The molecule has 0 bridgehead atoms. The minimum absolute atomic E-state index is 0.382. The molecule has 1 unspecified atom stereocenters. The van der Waals surface area contributed by atoms with Gasteiger partial charge in [-0.15, -0.1) is 0 Å². The smallest absolute Gasteiger partial charge is 0.240 e. The van der Waals surface area contributed by atoms with Crippen LogP contribution in [0.4, 0.5) is 17.6 Å². The number of rotatable bonds is 10. The normalized spacial score (nSPS) is 17.5. The van der Waals surface area contributed by atoms with Gasteiger partial charge in [0.15, 0.2) is 22.9 Å². The van der Waals surface area contributed by atoms with Crippen LogP contribution in [-0.2, 0) is 11.3 Å². The van der Waals surface area contributed by atoms with E-state index in [1.807, 2.05) is 33.9 Å². The van der Waals surface area contributed by atoms with E-state index in [4.69, 9.17) is 34.3 Å². The van der Waals surface area contributed by atoms with E-state index in [1.165, 1.54) is 19.3 Å². The third-order valence-electron chi connectivity index (χ3n) is 7.85. The highest BCUT2D eigenvalue weighted by molar-refractivity contribution is 5.88. The molecular formula is C29H36N8O5. The number of piperidine rings is 1. The van der Waals surface area contributed by atoms with Crippen LogP contribution in [-0.4, -0.2) is 77.3 Å². The van der Waals surface area contributed by atoms with E-state index in [-0.39, 0.29) is 5.91 Å². The van der Waals surface area contributed by atoms with Gasteiger partial charge in [0.1, 0.15) is 29.5 Å². The highest BCUT2D eigenvalue weighted by atomic mass is 16.5. The van der Waals surface area contributed by atoms with Crippen LogP contribution in [0.25, 0.3) is 16.8 Å². The molecule has 0 aliphatic carbocycles. The number of nitrogens with two attached hydrogens (primary N) is 1. The SMILES string of the molecule is COc1cc(-n2cnc(Nc3nc(N4CCCC4C(N)=O)nc4cc(CN5CCCCC5)oc34)c2)cc(OC)c1OC. The van der Waals surface area contributed by atoms with E-state index in [9.17, 15) is 4.79 Å². The molecule has 1 atom stereocenters. The summed E-state index contributed by atoms with van der Waals surface area (Å²) in [6.45, 7) is 3.44. The summed E-state index contributed by atoms with van der Waals surface area (Å²) < 4.78 is 24.6. The van der Waals surface area contributed by atoms with Gasteiger partial charge in [-0.1, -0.05) is 6.42 Å². The number of carbonyl (C=O) groups excluding carboxylic acids is 1. The maximum atomic E-state index is 12.2. The quantitative estimate of drug-likeness (QED) is 0.285. The Bertz CT molecular complexity index is 1550. The lowest BCUT2D eigenvalue weighted by Gasteiger charge is -2.25. The van der Waals surface area contributed by atoms with Crippen molar-refractivity contribution in [2.75, 3.05) is 51.2 Å². The fourth-order valence-corrected chi connectivity index (χ4v) is 5.76. The lowest BCUT2D eigenvalue weighted by Crippen LogP contribution is -2.41. The molecule has 2 saturated heterocycles. The van der Waals surface area contributed by atoms with Crippen LogP contribution in [0.2, 0.25) is 0 Å². The number of primary amides is 1. The first-order valence-corrected chi connectivity index (χ1v) is 14.2. The number of fused-ring (bicyclic) bond motifs is 1. The molecule has 1 amide bonds. The summed E-state index contributed by atoms with van der Waals surface area (Å²) in [7, 11) is 4.72. The van der Waals surface area contributed by atoms with Gasteiger partial charge in [0.2, 0.25) is 17.6 Å². The van der Waals surface area contributed by atoms with Crippen molar-refractivity contribution in [3.63, 3.8) is 0 Å². The average Bonchev–Trinajstić information content (AvgIpc) is 3.77. The van der Waals surface area contributed by atoms with Crippen molar-refractivity contribution in [1.29, 1.82) is 0 Å². The lowest BCUT2D eigenvalue weighted by atomic mass is 10.1. The summed E-state index contributed by atoms with van der Waals surface area (Å²) in [5.74, 6) is 3.44. The van der Waals surface area contributed by atoms with Crippen molar-refractivity contribution >= 4 is 34.6 Å². The second-order valence-corrected chi connectivity index (χ2v) is 10.6. The van der Waals surface area contributed by atoms with Gasteiger partial charge in [-0.05, 0) is 38.8 Å². The minimum atomic E-state index is -0.450. The van der Waals surface area contributed by atoms with Crippen LogP contribution < -0.4 is 30.2 Å². The first-order valence-electron chi connectivity index (χ1n) is 14.2. The number of nitrogens with one attached hydrogen (secondary N) is 1. The number of hydrogen-bond donors (Lipinski definition) is 2. The third-order valence-corrected chi connectivity index (χ3v) is 7.85. The molecule has 1 aromatic carbocycles. The first kappa shape index (κ1) is 27.6. The van der Waals surface area contributed by atoms with Gasteiger partial charge < -0.3 is 39.1 Å². The Kier molecular flexibility index (Phi) is 7.74. The minimum Gasteiger partial charge on any atom is -0.493 e. The number of furan rings is 1. The Morgan fingerprint density at radius 3 is 2.48 bits per heavy atom. The summed E-state index contributed by atoms with van der Waals surface area (Å²) in [6, 6.07) is 5.19. The molecule has 3 aromatic heterocycles. The number of carbonyl (C=O) groups is 1. The fraction of sp³-hybridized carbons (Fsp3) is 0.448. The zero-order chi connectivity index (χ0) is 29.2.